The van der Waals surface area contributed by atoms with Crippen molar-refractivity contribution in [2.24, 2.45) is 0 Å². The van der Waals surface area contributed by atoms with Crippen molar-refractivity contribution in [1.29, 1.82) is 0 Å². The summed E-state index contributed by atoms with van der Waals surface area (Å²) in [6, 6.07) is 0. The molecule has 0 amide bonds. The van der Waals surface area contributed by atoms with E-state index in [0.29, 0.717) is 12.8 Å². The van der Waals surface area contributed by atoms with Crippen molar-refractivity contribution in [3.8, 4) is 0 Å². The van der Waals surface area contributed by atoms with Crippen LogP contribution >= 0.6 is 0 Å². The van der Waals surface area contributed by atoms with Crippen LogP contribution in [0, 0.1) is 0 Å². The highest BCUT2D eigenvalue weighted by molar-refractivity contribution is 5.70. The molecule has 0 aliphatic rings. The molecule has 1 atom stereocenters. The average molecular weight is 888 g/mol. The molecule has 0 rings (SSSR count). The van der Waals surface area contributed by atoms with Gasteiger partial charge in [-0.05, 0) is 64.2 Å². The molecule has 63 heavy (non-hydrogen) atoms. The van der Waals surface area contributed by atoms with Gasteiger partial charge in [0.2, 0.25) is 0 Å². The van der Waals surface area contributed by atoms with Gasteiger partial charge < -0.3 is 14.6 Å². The van der Waals surface area contributed by atoms with Crippen LogP contribution in [0.4, 0.5) is 0 Å². The van der Waals surface area contributed by atoms with Gasteiger partial charge in [-0.25, -0.2) is 0 Å². The zero-order valence-electron chi connectivity index (χ0n) is 42.6. The van der Waals surface area contributed by atoms with Gasteiger partial charge in [-0.1, -0.05) is 263 Å². The topological polar surface area (TPSA) is 72.8 Å². The Morgan fingerprint density at radius 3 is 0.857 bits per heavy atom. The molecule has 0 saturated heterocycles. The SMILES string of the molecule is CCCCCCC/C=C\CCCCCCCC(=O)OCC(CO)OC(=O)CCCCCCCCCCCCCCCCCCCCCCCCC/C=C\CCCCCCCCCC. The van der Waals surface area contributed by atoms with Crippen molar-refractivity contribution in [2.45, 2.75) is 322 Å². The van der Waals surface area contributed by atoms with E-state index in [0.717, 1.165) is 44.9 Å². The molecule has 1 unspecified atom stereocenters. The number of ether oxygens (including phenoxy) is 2. The van der Waals surface area contributed by atoms with Crippen molar-refractivity contribution >= 4 is 11.9 Å². The molecule has 0 radical (unpaired) electrons. The molecule has 1 N–H and O–H groups in total. The Morgan fingerprint density at radius 2 is 0.587 bits per heavy atom. The maximum absolute atomic E-state index is 12.3. The molecule has 0 saturated carbocycles. The first-order valence-electron chi connectivity index (χ1n) is 28.4. The fraction of sp³-hybridized carbons (Fsp3) is 0.897. The van der Waals surface area contributed by atoms with Crippen molar-refractivity contribution in [1.82, 2.24) is 0 Å². The number of unbranched alkanes of at least 4 members (excludes halogenated alkanes) is 41. The van der Waals surface area contributed by atoms with E-state index >= 15 is 0 Å². The van der Waals surface area contributed by atoms with Gasteiger partial charge in [-0.3, -0.25) is 9.59 Å². The smallest absolute Gasteiger partial charge is 0.306 e. The maximum Gasteiger partial charge on any atom is 0.306 e. The summed E-state index contributed by atoms with van der Waals surface area (Å²) in [4.78, 5) is 24.4. The van der Waals surface area contributed by atoms with E-state index in [4.69, 9.17) is 9.47 Å². The maximum atomic E-state index is 12.3. The van der Waals surface area contributed by atoms with E-state index in [9.17, 15) is 14.7 Å². The number of carbonyl (C=O) groups is 2. The summed E-state index contributed by atoms with van der Waals surface area (Å²) in [7, 11) is 0. The molecule has 0 aliphatic carbocycles. The molecule has 5 nitrogen and oxygen atoms in total. The molecular weight excluding hydrogens is 777 g/mol. The van der Waals surface area contributed by atoms with Crippen LogP contribution in [0.15, 0.2) is 24.3 Å². The third kappa shape index (κ3) is 52.9. The minimum absolute atomic E-state index is 0.0649. The zero-order chi connectivity index (χ0) is 45.6. The molecule has 0 fully saturated rings. The first kappa shape index (κ1) is 61.4. The third-order valence-electron chi connectivity index (χ3n) is 13.0. The highest BCUT2D eigenvalue weighted by atomic mass is 16.6. The summed E-state index contributed by atoms with van der Waals surface area (Å²) in [5.41, 5.74) is 0. The number of carbonyl (C=O) groups excluding carboxylic acids is 2. The van der Waals surface area contributed by atoms with E-state index in [1.807, 2.05) is 0 Å². The Labute approximate surface area is 394 Å². The number of rotatable bonds is 53. The summed E-state index contributed by atoms with van der Waals surface area (Å²) in [6.07, 6.45) is 68.9. The van der Waals surface area contributed by atoms with E-state index in [-0.39, 0.29) is 25.2 Å². The summed E-state index contributed by atoms with van der Waals surface area (Å²) in [5, 5.41) is 9.62. The normalized spacial score (nSPS) is 12.2. The minimum atomic E-state index is -0.771. The fourth-order valence-electron chi connectivity index (χ4n) is 8.67. The first-order valence-corrected chi connectivity index (χ1v) is 28.4. The van der Waals surface area contributed by atoms with Crippen LogP contribution in [0.2, 0.25) is 0 Å². The van der Waals surface area contributed by atoms with Crippen molar-refractivity contribution in [2.75, 3.05) is 13.2 Å². The number of hydrogen-bond donors (Lipinski definition) is 1. The number of allylic oxidation sites excluding steroid dienone is 4. The minimum Gasteiger partial charge on any atom is -0.462 e. The Bertz CT molecular complexity index is 959. The second kappa shape index (κ2) is 54.7. The summed E-state index contributed by atoms with van der Waals surface area (Å²) >= 11 is 0. The predicted molar refractivity (Wildman–Crippen MR) is 275 cm³/mol. The predicted octanol–water partition coefficient (Wildman–Crippen LogP) is 18.9. The van der Waals surface area contributed by atoms with Gasteiger partial charge in [0.15, 0.2) is 6.10 Å². The van der Waals surface area contributed by atoms with Gasteiger partial charge >= 0.3 is 11.9 Å². The standard InChI is InChI=1S/C58H110O5/c1-3-5-7-9-11-13-15-17-19-20-21-22-23-24-25-26-27-28-29-30-31-32-33-34-35-36-37-38-39-41-43-45-47-49-51-53-58(61)63-56(54-59)55-62-57(60)52-50-48-46-44-42-40-18-16-14-12-10-8-6-4-2/h16,18,20-21,56,59H,3-15,17,19,22-55H2,1-2H3/b18-16-,21-20-. The Balaban J connectivity index is 3.37. The summed E-state index contributed by atoms with van der Waals surface area (Å²) in [6.45, 7) is 4.16. The van der Waals surface area contributed by atoms with Crippen LogP contribution in [0.1, 0.15) is 316 Å². The summed E-state index contributed by atoms with van der Waals surface area (Å²) < 4.78 is 10.7. The molecule has 0 heterocycles. The number of esters is 2. The van der Waals surface area contributed by atoms with Gasteiger partial charge in [0.1, 0.15) is 6.61 Å². The van der Waals surface area contributed by atoms with E-state index in [1.165, 1.54) is 244 Å². The van der Waals surface area contributed by atoms with Crippen LogP contribution in [0.5, 0.6) is 0 Å². The van der Waals surface area contributed by atoms with Crippen LogP contribution in [-0.4, -0.2) is 36.4 Å². The third-order valence-corrected chi connectivity index (χ3v) is 13.0. The Kier molecular flexibility index (Phi) is 53.3. The van der Waals surface area contributed by atoms with Gasteiger partial charge in [-0.2, -0.15) is 0 Å². The van der Waals surface area contributed by atoms with Crippen LogP contribution in [0.25, 0.3) is 0 Å². The molecular formula is C58H110O5. The first-order chi connectivity index (χ1) is 31.1. The van der Waals surface area contributed by atoms with Gasteiger partial charge in [0.25, 0.3) is 0 Å². The van der Waals surface area contributed by atoms with E-state index in [2.05, 4.69) is 38.2 Å². The number of hydrogen-bond acceptors (Lipinski definition) is 5. The van der Waals surface area contributed by atoms with E-state index in [1.54, 1.807) is 0 Å². The number of aliphatic hydroxyl groups is 1. The monoisotopic (exact) mass is 887 g/mol. The molecule has 0 aliphatic heterocycles. The van der Waals surface area contributed by atoms with Gasteiger partial charge in [-0.15, -0.1) is 0 Å². The molecule has 0 bridgehead atoms. The van der Waals surface area contributed by atoms with Crippen LogP contribution in [-0.2, 0) is 19.1 Å². The average Bonchev–Trinajstić information content (AvgIpc) is 3.29. The Morgan fingerprint density at radius 1 is 0.349 bits per heavy atom. The van der Waals surface area contributed by atoms with Crippen LogP contribution in [0.3, 0.4) is 0 Å². The molecule has 0 aromatic carbocycles. The van der Waals surface area contributed by atoms with Crippen LogP contribution < -0.4 is 0 Å². The van der Waals surface area contributed by atoms with Crippen molar-refractivity contribution < 1.29 is 24.2 Å². The lowest BCUT2D eigenvalue weighted by molar-refractivity contribution is -0.161. The van der Waals surface area contributed by atoms with Crippen molar-refractivity contribution in [3.63, 3.8) is 0 Å². The van der Waals surface area contributed by atoms with Gasteiger partial charge in [0.05, 0.1) is 6.61 Å². The quantitative estimate of drug-likeness (QED) is 0.0374. The zero-order valence-corrected chi connectivity index (χ0v) is 42.6. The second-order valence-corrected chi connectivity index (χ2v) is 19.4. The molecule has 372 valence electrons. The highest BCUT2D eigenvalue weighted by Crippen LogP contribution is 2.17. The Hall–Kier alpha value is -1.62. The number of aliphatic hydroxyl groups excluding tert-OH is 1. The lowest BCUT2D eigenvalue weighted by Crippen LogP contribution is -2.28. The second-order valence-electron chi connectivity index (χ2n) is 19.4. The van der Waals surface area contributed by atoms with Crippen molar-refractivity contribution in [3.05, 3.63) is 24.3 Å². The fourth-order valence-corrected chi connectivity index (χ4v) is 8.67. The molecule has 0 spiro atoms. The lowest BCUT2D eigenvalue weighted by Gasteiger charge is -2.15. The molecule has 5 heteroatoms. The molecule has 0 aromatic heterocycles. The molecule has 0 aromatic rings. The lowest BCUT2D eigenvalue weighted by atomic mass is 10.0. The summed E-state index contributed by atoms with van der Waals surface area (Å²) in [5.74, 6) is -0.585. The van der Waals surface area contributed by atoms with E-state index < -0.39 is 6.10 Å². The highest BCUT2D eigenvalue weighted by Gasteiger charge is 2.16. The van der Waals surface area contributed by atoms with Gasteiger partial charge in [0, 0.05) is 12.8 Å². The largest absolute Gasteiger partial charge is 0.462 e.